The molecule has 2 unspecified atom stereocenters. The molecule has 0 saturated heterocycles. The summed E-state index contributed by atoms with van der Waals surface area (Å²) in [5.41, 5.74) is 7.25. The summed E-state index contributed by atoms with van der Waals surface area (Å²) >= 11 is 0. The van der Waals surface area contributed by atoms with Crippen LogP contribution in [0.3, 0.4) is 0 Å². The van der Waals surface area contributed by atoms with Crippen molar-refractivity contribution in [1.82, 2.24) is 15.2 Å². The van der Waals surface area contributed by atoms with Crippen LogP contribution in [0.5, 0.6) is 0 Å². The molecule has 0 spiro atoms. The first-order valence-electron chi connectivity index (χ1n) is 7.21. The highest BCUT2D eigenvalue weighted by molar-refractivity contribution is 5.78. The lowest BCUT2D eigenvalue weighted by atomic mass is 9.98. The Kier molecular flexibility index (Phi) is 7.89. The first-order chi connectivity index (χ1) is 10.1. The van der Waals surface area contributed by atoms with Gasteiger partial charge in [0.1, 0.15) is 0 Å². The number of pyridine rings is 1. The molecule has 0 aliphatic heterocycles. The van der Waals surface area contributed by atoms with Gasteiger partial charge in [0.2, 0.25) is 5.91 Å². The van der Waals surface area contributed by atoms with Crippen LogP contribution < -0.4 is 11.1 Å². The van der Waals surface area contributed by atoms with E-state index in [0.29, 0.717) is 13.2 Å². The molecule has 2 atom stereocenters. The summed E-state index contributed by atoms with van der Waals surface area (Å²) in [5, 5.41) is 2.82. The standard InChI is InChI=1S/C15H26N4O2/c1-4-13(16)15(12-6-5-7-17-10-12)19(2)11-14(20)18-8-9-21-3/h5-7,10,13,15H,4,8-9,11,16H2,1-3H3,(H,18,20). The van der Waals surface area contributed by atoms with E-state index < -0.39 is 0 Å². The number of aromatic nitrogens is 1. The number of carbonyl (C=O) groups excluding carboxylic acids is 1. The maximum Gasteiger partial charge on any atom is 0.234 e. The number of likely N-dealkylation sites (N-methyl/N-ethyl adjacent to an activating group) is 1. The fourth-order valence-electron chi connectivity index (χ4n) is 2.28. The van der Waals surface area contributed by atoms with Crippen molar-refractivity contribution < 1.29 is 9.53 Å². The van der Waals surface area contributed by atoms with Crippen LogP contribution in [-0.2, 0) is 9.53 Å². The van der Waals surface area contributed by atoms with E-state index in [1.807, 2.05) is 31.0 Å². The van der Waals surface area contributed by atoms with Gasteiger partial charge >= 0.3 is 0 Å². The zero-order valence-electron chi connectivity index (χ0n) is 13.1. The molecule has 0 aliphatic carbocycles. The van der Waals surface area contributed by atoms with Crippen molar-refractivity contribution in [3.63, 3.8) is 0 Å². The lowest BCUT2D eigenvalue weighted by molar-refractivity contribution is -0.122. The minimum absolute atomic E-state index is 0.0307. The quantitative estimate of drug-likeness (QED) is 0.650. The maximum absolute atomic E-state index is 11.9. The van der Waals surface area contributed by atoms with E-state index in [-0.39, 0.29) is 24.5 Å². The van der Waals surface area contributed by atoms with Crippen LogP contribution >= 0.6 is 0 Å². The molecular weight excluding hydrogens is 268 g/mol. The Morgan fingerprint density at radius 1 is 1.57 bits per heavy atom. The molecule has 0 aliphatic rings. The number of nitrogens with two attached hydrogens (primary N) is 1. The van der Waals surface area contributed by atoms with Crippen molar-refractivity contribution in [2.45, 2.75) is 25.4 Å². The number of nitrogens with zero attached hydrogens (tertiary/aromatic N) is 2. The number of ether oxygens (including phenoxy) is 1. The van der Waals surface area contributed by atoms with E-state index in [1.54, 1.807) is 19.5 Å². The third-order valence-corrected chi connectivity index (χ3v) is 3.40. The second-order valence-electron chi connectivity index (χ2n) is 5.06. The Morgan fingerprint density at radius 2 is 2.33 bits per heavy atom. The topological polar surface area (TPSA) is 80.5 Å². The van der Waals surface area contributed by atoms with E-state index in [2.05, 4.69) is 10.3 Å². The smallest absolute Gasteiger partial charge is 0.234 e. The molecule has 0 radical (unpaired) electrons. The molecule has 118 valence electrons. The maximum atomic E-state index is 11.9. The largest absolute Gasteiger partial charge is 0.383 e. The molecule has 1 heterocycles. The number of methoxy groups -OCH3 is 1. The van der Waals surface area contributed by atoms with Crippen LogP contribution in [0.4, 0.5) is 0 Å². The van der Waals surface area contributed by atoms with Crippen molar-refractivity contribution >= 4 is 5.91 Å². The van der Waals surface area contributed by atoms with Gasteiger partial charge in [0.15, 0.2) is 0 Å². The predicted octanol–water partition coefficient (Wildman–Crippen LogP) is 0.554. The molecule has 0 aromatic carbocycles. The van der Waals surface area contributed by atoms with Gasteiger partial charge in [-0.1, -0.05) is 13.0 Å². The van der Waals surface area contributed by atoms with E-state index in [4.69, 9.17) is 10.5 Å². The highest BCUT2D eigenvalue weighted by atomic mass is 16.5. The van der Waals surface area contributed by atoms with Crippen LogP contribution in [0, 0.1) is 0 Å². The zero-order valence-corrected chi connectivity index (χ0v) is 13.1. The summed E-state index contributed by atoms with van der Waals surface area (Å²) in [6.07, 6.45) is 4.37. The Labute approximate surface area is 126 Å². The van der Waals surface area contributed by atoms with Gasteiger partial charge in [-0.2, -0.15) is 0 Å². The molecule has 21 heavy (non-hydrogen) atoms. The third-order valence-electron chi connectivity index (χ3n) is 3.40. The van der Waals surface area contributed by atoms with Gasteiger partial charge in [-0.25, -0.2) is 0 Å². The minimum atomic E-state index is -0.0500. The number of hydrogen-bond acceptors (Lipinski definition) is 5. The number of nitrogens with one attached hydrogen (secondary N) is 1. The van der Waals surface area contributed by atoms with Crippen molar-refractivity contribution in [1.29, 1.82) is 0 Å². The predicted molar refractivity (Wildman–Crippen MR) is 82.8 cm³/mol. The number of carbonyl (C=O) groups is 1. The van der Waals surface area contributed by atoms with Crippen molar-refractivity contribution in [3.8, 4) is 0 Å². The van der Waals surface area contributed by atoms with Gasteiger partial charge in [0.05, 0.1) is 19.2 Å². The van der Waals surface area contributed by atoms with Crippen LogP contribution in [-0.4, -0.2) is 55.7 Å². The van der Waals surface area contributed by atoms with Crippen LogP contribution in [0.1, 0.15) is 24.9 Å². The van der Waals surface area contributed by atoms with Gasteiger partial charge in [0, 0.05) is 32.1 Å². The van der Waals surface area contributed by atoms with Crippen molar-refractivity contribution in [2.24, 2.45) is 5.73 Å². The van der Waals surface area contributed by atoms with Crippen LogP contribution in [0.15, 0.2) is 24.5 Å². The first-order valence-corrected chi connectivity index (χ1v) is 7.21. The second kappa shape index (κ2) is 9.44. The Balaban J connectivity index is 2.68. The summed E-state index contributed by atoms with van der Waals surface area (Å²) < 4.78 is 4.91. The first kappa shape index (κ1) is 17.6. The normalized spacial score (nSPS) is 14.0. The van der Waals surface area contributed by atoms with E-state index in [1.165, 1.54) is 0 Å². The molecule has 1 amide bonds. The second-order valence-corrected chi connectivity index (χ2v) is 5.06. The molecule has 6 heteroatoms. The summed E-state index contributed by atoms with van der Waals surface area (Å²) in [6, 6.07) is 3.80. The van der Waals surface area contributed by atoms with Gasteiger partial charge in [-0.15, -0.1) is 0 Å². The average Bonchev–Trinajstić information content (AvgIpc) is 2.48. The van der Waals surface area contributed by atoms with E-state index in [9.17, 15) is 4.79 Å². The van der Waals surface area contributed by atoms with Gasteiger partial charge in [-0.05, 0) is 25.1 Å². The Hall–Kier alpha value is -1.50. The molecule has 0 saturated carbocycles. The molecule has 0 bridgehead atoms. The molecule has 6 nitrogen and oxygen atoms in total. The average molecular weight is 294 g/mol. The molecule has 3 N–H and O–H groups in total. The summed E-state index contributed by atoms with van der Waals surface area (Å²) in [6.45, 7) is 3.36. The van der Waals surface area contributed by atoms with Gasteiger partial charge in [-0.3, -0.25) is 14.7 Å². The van der Waals surface area contributed by atoms with Crippen molar-refractivity contribution in [2.75, 3.05) is 33.9 Å². The summed E-state index contributed by atoms with van der Waals surface area (Å²) in [7, 11) is 3.51. The molecule has 0 fully saturated rings. The van der Waals surface area contributed by atoms with E-state index in [0.717, 1.165) is 12.0 Å². The SMILES string of the molecule is CCC(N)C(c1cccnc1)N(C)CC(=O)NCCOC. The monoisotopic (exact) mass is 294 g/mol. The molecular formula is C15H26N4O2. The van der Waals surface area contributed by atoms with Crippen LogP contribution in [0.25, 0.3) is 0 Å². The third kappa shape index (κ3) is 5.79. The lowest BCUT2D eigenvalue weighted by Crippen LogP contribution is -2.44. The van der Waals surface area contributed by atoms with Crippen molar-refractivity contribution in [3.05, 3.63) is 30.1 Å². The number of hydrogen-bond donors (Lipinski definition) is 2. The fraction of sp³-hybridized carbons (Fsp3) is 0.600. The minimum Gasteiger partial charge on any atom is -0.383 e. The Bertz CT molecular complexity index is 413. The summed E-state index contributed by atoms with van der Waals surface area (Å²) in [4.78, 5) is 18.0. The molecule has 1 rings (SSSR count). The number of amides is 1. The Morgan fingerprint density at radius 3 is 2.90 bits per heavy atom. The molecule has 1 aromatic heterocycles. The van der Waals surface area contributed by atoms with Crippen LogP contribution in [0.2, 0.25) is 0 Å². The fourth-order valence-corrected chi connectivity index (χ4v) is 2.28. The summed E-state index contributed by atoms with van der Waals surface area (Å²) in [5.74, 6) is -0.0354. The molecule has 1 aromatic rings. The zero-order chi connectivity index (χ0) is 15.7. The highest BCUT2D eigenvalue weighted by Crippen LogP contribution is 2.22. The van der Waals surface area contributed by atoms with Gasteiger partial charge in [0.25, 0.3) is 0 Å². The van der Waals surface area contributed by atoms with Gasteiger partial charge < -0.3 is 15.8 Å². The van der Waals surface area contributed by atoms with E-state index >= 15 is 0 Å². The highest BCUT2D eigenvalue weighted by Gasteiger charge is 2.24. The number of rotatable bonds is 9. The lowest BCUT2D eigenvalue weighted by Gasteiger charge is -2.32.